The monoisotopic (exact) mass is 261 g/mol. The van der Waals surface area contributed by atoms with Crippen molar-refractivity contribution in [1.82, 2.24) is 4.98 Å². The molecule has 1 aromatic carbocycles. The first kappa shape index (κ1) is 11.1. The molecule has 0 saturated carbocycles. The molecule has 1 atom stereocenters. The maximum Gasteiger partial charge on any atom is 0.260 e. The second-order valence-corrected chi connectivity index (χ2v) is 4.80. The van der Waals surface area contributed by atoms with Gasteiger partial charge >= 0.3 is 0 Å². The van der Waals surface area contributed by atoms with Crippen molar-refractivity contribution in [3.05, 3.63) is 60.3 Å². The fourth-order valence-electron chi connectivity index (χ4n) is 2.48. The van der Waals surface area contributed by atoms with Crippen LogP contribution < -0.4 is 0 Å². The first-order chi connectivity index (χ1) is 9.81. The number of carbonyl (C=O) groups excluding carboxylic acids is 1. The number of rotatable bonds is 1. The number of fused-ring (bicyclic) bond motifs is 2. The zero-order valence-corrected chi connectivity index (χ0v) is 10.6. The van der Waals surface area contributed by atoms with Gasteiger partial charge in [0.2, 0.25) is 0 Å². The molecule has 1 aromatic heterocycles. The average Bonchev–Trinajstić information content (AvgIpc) is 2.91. The molecular weight excluding hydrogens is 250 g/mol. The summed E-state index contributed by atoms with van der Waals surface area (Å²) in [6.45, 7) is 0. The Morgan fingerprint density at radius 3 is 2.90 bits per heavy atom. The minimum absolute atomic E-state index is 0.163. The molecule has 20 heavy (non-hydrogen) atoms. The van der Waals surface area contributed by atoms with Crippen molar-refractivity contribution in [3.63, 3.8) is 0 Å². The van der Waals surface area contributed by atoms with E-state index >= 15 is 0 Å². The van der Waals surface area contributed by atoms with E-state index in [0.717, 1.165) is 22.3 Å². The van der Waals surface area contributed by atoms with Gasteiger partial charge in [0.25, 0.3) is 5.91 Å². The summed E-state index contributed by atoms with van der Waals surface area (Å²) in [5, 5.41) is 1.08. The number of para-hydroxylation sites is 1. The van der Waals surface area contributed by atoms with Gasteiger partial charge in [-0.15, -0.1) is 0 Å². The van der Waals surface area contributed by atoms with Crippen molar-refractivity contribution >= 4 is 28.4 Å². The van der Waals surface area contributed by atoms with Gasteiger partial charge in [0.15, 0.2) is 5.84 Å². The first-order valence-corrected chi connectivity index (χ1v) is 6.45. The number of hydrogen-bond donors (Lipinski definition) is 1. The third kappa shape index (κ3) is 1.66. The Morgan fingerprint density at radius 2 is 2.00 bits per heavy atom. The molecule has 1 aliphatic carbocycles. The summed E-state index contributed by atoms with van der Waals surface area (Å²) in [5.41, 5.74) is 2.54. The van der Waals surface area contributed by atoms with Crippen LogP contribution in [0.1, 0.15) is 5.69 Å². The Kier molecular flexibility index (Phi) is 2.29. The van der Waals surface area contributed by atoms with Crippen LogP contribution in [-0.4, -0.2) is 22.4 Å². The van der Waals surface area contributed by atoms with Crippen LogP contribution in [0.5, 0.6) is 0 Å². The summed E-state index contributed by atoms with van der Waals surface area (Å²) >= 11 is 0. The molecule has 2 aliphatic rings. The molecule has 4 heteroatoms. The highest BCUT2D eigenvalue weighted by molar-refractivity contribution is 6.24. The fourth-order valence-corrected chi connectivity index (χ4v) is 2.48. The van der Waals surface area contributed by atoms with Gasteiger partial charge in [-0.1, -0.05) is 36.4 Å². The summed E-state index contributed by atoms with van der Waals surface area (Å²) in [4.78, 5) is 23.9. The van der Waals surface area contributed by atoms with Crippen LogP contribution in [0.3, 0.4) is 0 Å². The number of H-pyrrole nitrogens is 1. The largest absolute Gasteiger partial charge is 0.352 e. The normalized spacial score (nSPS) is 20.8. The molecule has 1 N–H and O–H groups in total. The van der Waals surface area contributed by atoms with Crippen LogP contribution >= 0.6 is 0 Å². The second-order valence-electron chi connectivity index (χ2n) is 4.80. The maximum absolute atomic E-state index is 12.1. The molecule has 0 saturated heterocycles. The van der Waals surface area contributed by atoms with E-state index in [1.807, 2.05) is 54.6 Å². The Balaban J connectivity index is 1.82. The van der Waals surface area contributed by atoms with Gasteiger partial charge in [0.1, 0.15) is 5.92 Å². The summed E-state index contributed by atoms with van der Waals surface area (Å²) in [6.07, 6.45) is 7.42. The highest BCUT2D eigenvalue weighted by Crippen LogP contribution is 2.21. The molecule has 0 bridgehead atoms. The molecule has 1 unspecified atom stereocenters. The quantitative estimate of drug-likeness (QED) is 0.842. The Morgan fingerprint density at radius 1 is 1.10 bits per heavy atom. The number of amides is 1. The Hall–Kier alpha value is -2.75. The van der Waals surface area contributed by atoms with Crippen LogP contribution in [0.25, 0.3) is 10.9 Å². The fraction of sp³-hybridized carbons (Fsp3) is 0.0625. The Labute approximate surface area is 115 Å². The molecule has 2 aromatic rings. The molecule has 1 amide bonds. The minimum atomic E-state index is -0.326. The van der Waals surface area contributed by atoms with Gasteiger partial charge in [-0.05, 0) is 18.2 Å². The zero-order valence-electron chi connectivity index (χ0n) is 10.6. The number of aliphatic imine (C=N–C) groups is 2. The predicted octanol–water partition coefficient (Wildman–Crippen LogP) is 2.64. The minimum Gasteiger partial charge on any atom is -0.352 e. The zero-order chi connectivity index (χ0) is 13.5. The van der Waals surface area contributed by atoms with Crippen molar-refractivity contribution in [2.45, 2.75) is 0 Å². The SMILES string of the molecule is O=C1N=C(c2cc3ccccc3[nH]2)N=C2C=CC=CC12. The van der Waals surface area contributed by atoms with E-state index in [1.165, 1.54) is 0 Å². The molecule has 96 valence electrons. The highest BCUT2D eigenvalue weighted by atomic mass is 16.1. The van der Waals surface area contributed by atoms with Crippen molar-refractivity contribution in [1.29, 1.82) is 0 Å². The number of hydrogen-bond acceptors (Lipinski definition) is 2. The first-order valence-electron chi connectivity index (χ1n) is 6.45. The van der Waals surface area contributed by atoms with Crippen molar-refractivity contribution in [3.8, 4) is 0 Å². The Bertz CT molecular complexity index is 803. The van der Waals surface area contributed by atoms with E-state index in [9.17, 15) is 4.79 Å². The molecule has 4 nitrogen and oxygen atoms in total. The van der Waals surface area contributed by atoms with Crippen molar-refractivity contribution in [2.24, 2.45) is 15.9 Å². The van der Waals surface area contributed by atoms with Gasteiger partial charge in [-0.3, -0.25) is 4.79 Å². The number of carbonyl (C=O) groups is 1. The number of nitrogens with zero attached hydrogens (tertiary/aromatic N) is 2. The molecule has 1 aliphatic heterocycles. The lowest BCUT2D eigenvalue weighted by Crippen LogP contribution is -2.27. The maximum atomic E-state index is 12.1. The van der Waals surface area contributed by atoms with E-state index in [4.69, 9.17) is 0 Å². The lowest BCUT2D eigenvalue weighted by atomic mass is 9.96. The van der Waals surface area contributed by atoms with Gasteiger partial charge in [-0.2, -0.15) is 4.99 Å². The third-order valence-corrected chi connectivity index (χ3v) is 3.49. The number of allylic oxidation sites excluding steroid dienone is 3. The van der Waals surface area contributed by atoms with Crippen LogP contribution in [0.15, 0.2) is 64.6 Å². The molecule has 0 fully saturated rings. The molecule has 0 radical (unpaired) electrons. The molecular formula is C16H11N3O. The van der Waals surface area contributed by atoms with E-state index in [0.29, 0.717) is 5.84 Å². The van der Waals surface area contributed by atoms with Crippen LogP contribution in [-0.2, 0) is 4.79 Å². The molecule has 0 spiro atoms. The lowest BCUT2D eigenvalue weighted by Gasteiger charge is -2.16. The summed E-state index contributed by atoms with van der Waals surface area (Å²) < 4.78 is 0. The van der Waals surface area contributed by atoms with Crippen LogP contribution in [0.2, 0.25) is 0 Å². The summed E-state index contributed by atoms with van der Waals surface area (Å²) in [7, 11) is 0. The second kappa shape index (κ2) is 4.13. The van der Waals surface area contributed by atoms with Gasteiger partial charge in [0, 0.05) is 10.9 Å². The average molecular weight is 261 g/mol. The standard InChI is InChI=1S/C16H11N3O/c20-16-11-6-2-4-8-13(11)18-15(19-16)14-9-10-5-1-3-7-12(10)17-14/h1-9,11,17H. The molecule has 2 heterocycles. The number of benzene rings is 1. The van der Waals surface area contributed by atoms with E-state index < -0.39 is 0 Å². The predicted molar refractivity (Wildman–Crippen MR) is 79.0 cm³/mol. The topological polar surface area (TPSA) is 57.6 Å². The van der Waals surface area contributed by atoms with Crippen molar-refractivity contribution < 1.29 is 4.79 Å². The van der Waals surface area contributed by atoms with Crippen molar-refractivity contribution in [2.75, 3.05) is 0 Å². The smallest absolute Gasteiger partial charge is 0.260 e. The number of amidine groups is 1. The number of aromatic nitrogens is 1. The van der Waals surface area contributed by atoms with E-state index in [1.54, 1.807) is 0 Å². The lowest BCUT2D eigenvalue weighted by molar-refractivity contribution is -0.118. The third-order valence-electron chi connectivity index (χ3n) is 3.49. The summed E-state index contributed by atoms with van der Waals surface area (Å²) in [6, 6.07) is 9.91. The number of nitrogens with one attached hydrogen (secondary N) is 1. The molecule has 4 rings (SSSR count). The van der Waals surface area contributed by atoms with E-state index in [-0.39, 0.29) is 11.8 Å². The highest BCUT2D eigenvalue weighted by Gasteiger charge is 2.27. The van der Waals surface area contributed by atoms with Gasteiger partial charge in [0.05, 0.1) is 11.4 Å². The summed E-state index contributed by atoms with van der Waals surface area (Å²) in [5.74, 6) is -0.0326. The van der Waals surface area contributed by atoms with Crippen LogP contribution in [0.4, 0.5) is 0 Å². The van der Waals surface area contributed by atoms with Crippen LogP contribution in [0, 0.1) is 5.92 Å². The van der Waals surface area contributed by atoms with Gasteiger partial charge < -0.3 is 4.98 Å². The number of aromatic amines is 1. The van der Waals surface area contributed by atoms with E-state index in [2.05, 4.69) is 15.0 Å². The van der Waals surface area contributed by atoms with Gasteiger partial charge in [-0.25, -0.2) is 4.99 Å².